The quantitative estimate of drug-likeness (QED) is 0.584. The Kier molecular flexibility index (Phi) is 6.68. The number of carbonyl (C=O) groups excluding carboxylic acids is 1. The van der Waals surface area contributed by atoms with E-state index in [0.717, 1.165) is 28.1 Å². The van der Waals surface area contributed by atoms with Gasteiger partial charge in [0.25, 0.3) is 5.91 Å². The number of likely N-dealkylation sites (tertiary alicyclic amines) is 1. The van der Waals surface area contributed by atoms with Crippen LogP contribution in [0, 0.1) is 5.82 Å². The summed E-state index contributed by atoms with van der Waals surface area (Å²) in [5.74, 6) is -0.750. The molecule has 5 rings (SSSR count). The minimum absolute atomic E-state index is 0.263. The molecule has 1 aliphatic carbocycles. The Hall–Kier alpha value is -2.70. The second-order valence-electron chi connectivity index (χ2n) is 8.67. The highest BCUT2D eigenvalue weighted by atomic mass is 19.1. The van der Waals surface area contributed by atoms with Crippen LogP contribution in [0.25, 0.3) is 22.0 Å². The first-order chi connectivity index (χ1) is 15.0. The molecule has 1 aromatic heterocycles. The Bertz CT molecular complexity index is 1020. The maximum atomic E-state index is 12.9. The lowest BCUT2D eigenvalue weighted by atomic mass is 9.91. The van der Waals surface area contributed by atoms with Gasteiger partial charge in [-0.1, -0.05) is 24.3 Å². The molecule has 0 bridgehead atoms. The van der Waals surface area contributed by atoms with Gasteiger partial charge in [-0.15, -0.1) is 0 Å². The Morgan fingerprint density at radius 2 is 1.58 bits per heavy atom. The van der Waals surface area contributed by atoms with E-state index < -0.39 is 5.91 Å². The van der Waals surface area contributed by atoms with Crippen molar-refractivity contribution in [1.82, 2.24) is 9.88 Å². The Labute approximate surface area is 182 Å². The predicted octanol–water partition coefficient (Wildman–Crippen LogP) is 4.43. The average molecular weight is 423 g/mol. The summed E-state index contributed by atoms with van der Waals surface area (Å²) in [5.41, 5.74) is 14.2. The highest BCUT2D eigenvalue weighted by molar-refractivity contribution is 5.97. The standard InChI is InChI=1S/C15H11FN2O.C10H20N2/c16-12-5-3-9(4-6-12)10-1-2-11-8-14(15(17)19)18-13(11)7-10;11-9-3-5-10(6-4-9)12-7-1-2-8-12/h1-8,18H,(H2,17,19);9-10H,1-8,11H2. The summed E-state index contributed by atoms with van der Waals surface area (Å²) in [6.07, 6.45) is 8.04. The molecular weight excluding hydrogens is 391 g/mol. The number of primary amides is 1. The highest BCUT2D eigenvalue weighted by Crippen LogP contribution is 2.26. The van der Waals surface area contributed by atoms with E-state index in [1.165, 1.54) is 63.7 Å². The molecule has 3 aromatic rings. The molecule has 2 aliphatic rings. The Morgan fingerprint density at radius 1 is 0.935 bits per heavy atom. The van der Waals surface area contributed by atoms with Gasteiger partial charge in [0.05, 0.1) is 0 Å². The van der Waals surface area contributed by atoms with Gasteiger partial charge in [0, 0.05) is 23.0 Å². The number of carbonyl (C=O) groups is 1. The number of benzene rings is 2. The van der Waals surface area contributed by atoms with Crippen LogP contribution in [0.15, 0.2) is 48.5 Å². The van der Waals surface area contributed by atoms with E-state index in [0.29, 0.717) is 11.7 Å². The van der Waals surface area contributed by atoms with Crippen molar-refractivity contribution in [3.8, 4) is 11.1 Å². The van der Waals surface area contributed by atoms with Crippen LogP contribution in [0.4, 0.5) is 4.39 Å². The van der Waals surface area contributed by atoms with Gasteiger partial charge in [-0.25, -0.2) is 4.39 Å². The Balaban J connectivity index is 0.000000166. The molecule has 2 fully saturated rings. The summed E-state index contributed by atoms with van der Waals surface area (Å²) in [7, 11) is 0. The van der Waals surface area contributed by atoms with Gasteiger partial charge in [0.15, 0.2) is 0 Å². The van der Waals surface area contributed by atoms with Crippen LogP contribution in [0.5, 0.6) is 0 Å². The summed E-state index contributed by atoms with van der Waals surface area (Å²) in [4.78, 5) is 16.8. The molecule has 0 atom stereocenters. The molecule has 1 amide bonds. The molecule has 2 heterocycles. The number of amides is 1. The average Bonchev–Trinajstić information content (AvgIpc) is 3.45. The third-order valence-electron chi connectivity index (χ3n) is 6.46. The van der Waals surface area contributed by atoms with Gasteiger partial charge in [-0.05, 0) is 87.0 Å². The van der Waals surface area contributed by atoms with Crippen LogP contribution in [0.2, 0.25) is 0 Å². The number of aromatic amines is 1. The summed E-state index contributed by atoms with van der Waals surface area (Å²) in [6.45, 7) is 2.69. The molecule has 5 nitrogen and oxygen atoms in total. The van der Waals surface area contributed by atoms with Crippen LogP contribution in [0.1, 0.15) is 49.0 Å². The SMILES string of the molecule is NC(=O)c1cc2ccc(-c3ccc(F)cc3)cc2[nH]1.NC1CCC(N2CCCC2)CC1. The van der Waals surface area contributed by atoms with E-state index in [4.69, 9.17) is 11.5 Å². The number of nitrogens with zero attached hydrogens (tertiary/aromatic N) is 1. The largest absolute Gasteiger partial charge is 0.364 e. The summed E-state index contributed by atoms with van der Waals surface area (Å²) in [6, 6.07) is 15.1. The van der Waals surface area contributed by atoms with Crippen molar-refractivity contribution in [2.45, 2.75) is 50.6 Å². The first-order valence-corrected chi connectivity index (χ1v) is 11.2. The third-order valence-corrected chi connectivity index (χ3v) is 6.46. The zero-order valence-electron chi connectivity index (χ0n) is 17.8. The normalized spacial score (nSPS) is 21.6. The first-order valence-electron chi connectivity index (χ1n) is 11.2. The van der Waals surface area contributed by atoms with E-state index in [2.05, 4.69) is 9.88 Å². The number of nitrogens with two attached hydrogens (primary N) is 2. The lowest BCUT2D eigenvalue weighted by molar-refractivity contribution is 0.0996. The van der Waals surface area contributed by atoms with Crippen LogP contribution in [0.3, 0.4) is 0 Å². The molecule has 6 heteroatoms. The van der Waals surface area contributed by atoms with Crippen LogP contribution < -0.4 is 11.5 Å². The number of fused-ring (bicyclic) bond motifs is 1. The summed E-state index contributed by atoms with van der Waals surface area (Å²) >= 11 is 0. The number of nitrogens with one attached hydrogen (secondary N) is 1. The third kappa shape index (κ3) is 5.32. The van der Waals surface area contributed by atoms with Gasteiger partial charge < -0.3 is 21.4 Å². The van der Waals surface area contributed by atoms with Crippen molar-refractivity contribution >= 4 is 16.8 Å². The molecule has 1 aliphatic heterocycles. The van der Waals surface area contributed by atoms with Crippen LogP contribution in [-0.2, 0) is 0 Å². The number of rotatable bonds is 3. The fraction of sp³-hybridized carbons (Fsp3) is 0.400. The molecule has 0 unspecified atom stereocenters. The highest BCUT2D eigenvalue weighted by Gasteiger charge is 2.25. The fourth-order valence-electron chi connectivity index (χ4n) is 4.66. The zero-order valence-corrected chi connectivity index (χ0v) is 17.8. The van der Waals surface area contributed by atoms with Crippen molar-refractivity contribution in [3.63, 3.8) is 0 Å². The van der Waals surface area contributed by atoms with E-state index in [9.17, 15) is 9.18 Å². The molecule has 1 saturated heterocycles. The topological polar surface area (TPSA) is 88.1 Å². The van der Waals surface area contributed by atoms with Crippen molar-refractivity contribution in [2.24, 2.45) is 11.5 Å². The number of aromatic nitrogens is 1. The van der Waals surface area contributed by atoms with Gasteiger partial charge in [0.1, 0.15) is 11.5 Å². The number of hydrogen-bond donors (Lipinski definition) is 3. The van der Waals surface area contributed by atoms with E-state index in [1.54, 1.807) is 18.2 Å². The fourth-order valence-corrected chi connectivity index (χ4v) is 4.66. The minimum Gasteiger partial charge on any atom is -0.364 e. The van der Waals surface area contributed by atoms with Crippen LogP contribution in [-0.4, -0.2) is 41.0 Å². The number of H-pyrrole nitrogens is 1. The molecule has 1 saturated carbocycles. The van der Waals surface area contributed by atoms with Gasteiger partial charge in [-0.3, -0.25) is 4.79 Å². The monoisotopic (exact) mass is 422 g/mol. The predicted molar refractivity (Wildman–Crippen MR) is 123 cm³/mol. The van der Waals surface area contributed by atoms with Crippen molar-refractivity contribution in [3.05, 3.63) is 60.0 Å². The van der Waals surface area contributed by atoms with Gasteiger partial charge in [0.2, 0.25) is 0 Å². The molecular formula is C25H31FN4O. The lowest BCUT2D eigenvalue weighted by Gasteiger charge is -2.33. The van der Waals surface area contributed by atoms with Gasteiger partial charge >= 0.3 is 0 Å². The molecule has 2 aromatic carbocycles. The number of hydrogen-bond acceptors (Lipinski definition) is 3. The van der Waals surface area contributed by atoms with E-state index >= 15 is 0 Å². The Morgan fingerprint density at radius 3 is 2.23 bits per heavy atom. The summed E-state index contributed by atoms with van der Waals surface area (Å²) in [5, 5.41) is 0.916. The van der Waals surface area contributed by atoms with Crippen LogP contribution >= 0.6 is 0 Å². The molecule has 164 valence electrons. The van der Waals surface area contributed by atoms with E-state index in [1.807, 2.05) is 18.2 Å². The summed E-state index contributed by atoms with van der Waals surface area (Å²) < 4.78 is 12.9. The van der Waals surface area contributed by atoms with Crippen molar-refractivity contribution in [2.75, 3.05) is 13.1 Å². The molecule has 0 spiro atoms. The molecule has 0 radical (unpaired) electrons. The molecule has 31 heavy (non-hydrogen) atoms. The zero-order chi connectivity index (χ0) is 21.8. The van der Waals surface area contributed by atoms with E-state index in [-0.39, 0.29) is 5.82 Å². The lowest BCUT2D eigenvalue weighted by Crippen LogP contribution is -2.39. The second-order valence-corrected chi connectivity index (χ2v) is 8.67. The smallest absolute Gasteiger partial charge is 0.265 e. The van der Waals surface area contributed by atoms with Gasteiger partial charge in [-0.2, -0.15) is 0 Å². The first kappa shape index (κ1) is 21.5. The molecule has 5 N–H and O–H groups in total. The maximum absolute atomic E-state index is 12.9. The van der Waals surface area contributed by atoms with Crippen molar-refractivity contribution in [1.29, 1.82) is 0 Å². The number of halogens is 1. The maximum Gasteiger partial charge on any atom is 0.265 e. The second kappa shape index (κ2) is 9.62. The van der Waals surface area contributed by atoms with Crippen molar-refractivity contribution < 1.29 is 9.18 Å². The minimum atomic E-state index is -0.487.